The molecule has 4 rings (SSSR count). The Hall–Kier alpha value is -1.42. The Kier molecular flexibility index (Phi) is 3.44. The van der Waals surface area contributed by atoms with Gasteiger partial charge in [-0.3, -0.25) is 9.78 Å². The number of fused-ring (bicyclic) bond motifs is 1. The van der Waals surface area contributed by atoms with Crippen molar-refractivity contribution in [3.63, 3.8) is 0 Å². The number of aromatic nitrogens is 1. The Morgan fingerprint density at radius 1 is 1.23 bits per heavy atom. The molecule has 0 saturated heterocycles. The highest BCUT2D eigenvalue weighted by Gasteiger charge is 2.54. The van der Waals surface area contributed by atoms with Gasteiger partial charge in [0.15, 0.2) is 0 Å². The number of nitrogens with zero attached hydrogens (tertiary/aromatic N) is 1. The molecule has 3 fully saturated rings. The van der Waals surface area contributed by atoms with E-state index in [4.69, 9.17) is 5.73 Å². The van der Waals surface area contributed by atoms with Gasteiger partial charge in [0, 0.05) is 18.4 Å². The molecule has 1 heterocycles. The van der Waals surface area contributed by atoms with Crippen LogP contribution in [-0.4, -0.2) is 16.9 Å². The summed E-state index contributed by atoms with van der Waals surface area (Å²) in [7, 11) is 0. The van der Waals surface area contributed by atoms with Crippen LogP contribution in [0.25, 0.3) is 0 Å². The maximum atomic E-state index is 12.9. The third-order valence-electron chi connectivity index (χ3n) is 6.33. The van der Waals surface area contributed by atoms with Crippen LogP contribution in [0.4, 0.5) is 0 Å². The van der Waals surface area contributed by atoms with E-state index in [2.05, 4.69) is 16.4 Å². The summed E-state index contributed by atoms with van der Waals surface area (Å²) in [6.07, 6.45) is 11.7. The predicted octanol–water partition coefficient (Wildman–Crippen LogP) is 2.34. The van der Waals surface area contributed by atoms with Gasteiger partial charge in [-0.25, -0.2) is 0 Å². The lowest BCUT2D eigenvalue weighted by atomic mass is 9.62. The molecule has 4 atom stereocenters. The van der Waals surface area contributed by atoms with E-state index in [1.165, 1.54) is 19.3 Å². The van der Waals surface area contributed by atoms with Crippen LogP contribution in [0, 0.1) is 17.8 Å². The number of nitrogens with two attached hydrogens (primary N) is 1. The van der Waals surface area contributed by atoms with E-state index in [0.717, 1.165) is 31.2 Å². The summed E-state index contributed by atoms with van der Waals surface area (Å²) >= 11 is 0. The molecule has 3 aliphatic carbocycles. The number of amides is 1. The number of pyridine rings is 1. The average molecular weight is 299 g/mol. The van der Waals surface area contributed by atoms with Gasteiger partial charge >= 0.3 is 0 Å². The van der Waals surface area contributed by atoms with E-state index in [-0.39, 0.29) is 23.4 Å². The molecule has 3 saturated carbocycles. The van der Waals surface area contributed by atoms with Crippen molar-refractivity contribution >= 4 is 5.91 Å². The molecule has 0 bridgehead atoms. The minimum absolute atomic E-state index is 0.0293. The summed E-state index contributed by atoms with van der Waals surface area (Å²) in [5.74, 6) is 1.33. The summed E-state index contributed by atoms with van der Waals surface area (Å²) in [6, 6.07) is 4.13. The first-order chi connectivity index (χ1) is 10.7. The van der Waals surface area contributed by atoms with Crippen LogP contribution in [0.1, 0.15) is 50.5 Å². The van der Waals surface area contributed by atoms with Crippen molar-refractivity contribution in [3.05, 3.63) is 30.1 Å². The Labute approximate surface area is 131 Å². The first-order valence-corrected chi connectivity index (χ1v) is 8.69. The summed E-state index contributed by atoms with van der Waals surface area (Å²) in [6.45, 7) is 0. The molecule has 3 aliphatic rings. The number of hydrogen-bond acceptors (Lipinski definition) is 3. The third-order valence-corrected chi connectivity index (χ3v) is 6.33. The Morgan fingerprint density at radius 3 is 2.73 bits per heavy atom. The zero-order valence-electron chi connectivity index (χ0n) is 13.0. The van der Waals surface area contributed by atoms with Crippen molar-refractivity contribution in [2.45, 2.75) is 56.5 Å². The Bertz CT molecular complexity index is 553. The largest absolute Gasteiger partial charge is 0.346 e. The molecule has 1 aromatic heterocycles. The van der Waals surface area contributed by atoms with Gasteiger partial charge in [0.2, 0.25) is 5.91 Å². The first-order valence-electron chi connectivity index (χ1n) is 8.69. The van der Waals surface area contributed by atoms with Gasteiger partial charge in [-0.05, 0) is 49.1 Å². The number of nitrogens with one attached hydrogen (secondary N) is 1. The second kappa shape index (κ2) is 5.34. The second-order valence-corrected chi connectivity index (χ2v) is 7.38. The van der Waals surface area contributed by atoms with Crippen molar-refractivity contribution in [3.8, 4) is 0 Å². The topological polar surface area (TPSA) is 68.0 Å². The quantitative estimate of drug-likeness (QED) is 0.900. The summed E-state index contributed by atoms with van der Waals surface area (Å²) < 4.78 is 0. The van der Waals surface area contributed by atoms with Crippen molar-refractivity contribution < 1.29 is 4.79 Å². The van der Waals surface area contributed by atoms with E-state index in [1.807, 2.05) is 12.3 Å². The molecule has 4 heteroatoms. The highest BCUT2D eigenvalue weighted by atomic mass is 16.2. The fourth-order valence-corrected chi connectivity index (χ4v) is 5.15. The SMILES string of the molecule is N[C@H]1[C@@H]2CCC[C@@H]2[C@@H]1C(=O)NC1(c2cccnc2)CCCC1. The van der Waals surface area contributed by atoms with Crippen molar-refractivity contribution in [1.82, 2.24) is 10.3 Å². The smallest absolute Gasteiger partial charge is 0.225 e. The van der Waals surface area contributed by atoms with Gasteiger partial charge in [-0.2, -0.15) is 0 Å². The molecule has 1 aromatic rings. The molecule has 3 N–H and O–H groups in total. The van der Waals surface area contributed by atoms with Gasteiger partial charge in [-0.1, -0.05) is 25.3 Å². The van der Waals surface area contributed by atoms with Crippen molar-refractivity contribution in [2.75, 3.05) is 0 Å². The molecule has 1 amide bonds. The lowest BCUT2D eigenvalue weighted by Crippen LogP contribution is -2.61. The molecule has 0 spiro atoms. The van der Waals surface area contributed by atoms with Crippen LogP contribution in [0.15, 0.2) is 24.5 Å². The molecule has 0 aromatic carbocycles. The van der Waals surface area contributed by atoms with E-state index < -0.39 is 0 Å². The maximum absolute atomic E-state index is 12.9. The van der Waals surface area contributed by atoms with Gasteiger partial charge in [-0.15, -0.1) is 0 Å². The zero-order chi connectivity index (χ0) is 15.2. The van der Waals surface area contributed by atoms with Crippen LogP contribution >= 0.6 is 0 Å². The highest BCUT2D eigenvalue weighted by molar-refractivity contribution is 5.82. The molecule has 0 unspecified atom stereocenters. The third kappa shape index (κ3) is 2.08. The molecule has 4 nitrogen and oxygen atoms in total. The van der Waals surface area contributed by atoms with Gasteiger partial charge in [0.25, 0.3) is 0 Å². The van der Waals surface area contributed by atoms with Crippen LogP contribution in [0.3, 0.4) is 0 Å². The van der Waals surface area contributed by atoms with Gasteiger partial charge < -0.3 is 11.1 Å². The minimum atomic E-state index is -0.214. The van der Waals surface area contributed by atoms with Crippen LogP contribution in [0.2, 0.25) is 0 Å². The Balaban J connectivity index is 1.54. The van der Waals surface area contributed by atoms with Crippen LogP contribution in [-0.2, 0) is 10.3 Å². The summed E-state index contributed by atoms with van der Waals surface area (Å²) in [4.78, 5) is 17.2. The van der Waals surface area contributed by atoms with Crippen LogP contribution in [0.5, 0.6) is 0 Å². The van der Waals surface area contributed by atoms with Gasteiger partial charge in [0.05, 0.1) is 11.5 Å². The first kappa shape index (κ1) is 14.2. The normalized spacial score (nSPS) is 35.7. The fraction of sp³-hybridized carbons (Fsp3) is 0.667. The monoisotopic (exact) mass is 299 g/mol. The summed E-state index contributed by atoms with van der Waals surface area (Å²) in [5, 5.41) is 3.39. The standard InChI is InChI=1S/C18H25N3O/c19-16-14-7-3-6-13(14)15(16)17(22)21-18(8-1-2-9-18)12-5-4-10-20-11-12/h4-5,10-11,13-16H,1-3,6-9,19H2,(H,21,22)/t13-,14+,15-,16-/m0/s1. The number of carbonyl (C=O) groups excluding carboxylic acids is 1. The molecule has 22 heavy (non-hydrogen) atoms. The number of rotatable bonds is 3. The van der Waals surface area contributed by atoms with Crippen molar-refractivity contribution in [1.29, 1.82) is 0 Å². The number of carbonyl (C=O) groups is 1. The zero-order valence-corrected chi connectivity index (χ0v) is 13.0. The maximum Gasteiger partial charge on any atom is 0.225 e. The molecular weight excluding hydrogens is 274 g/mol. The fourth-order valence-electron chi connectivity index (χ4n) is 5.15. The van der Waals surface area contributed by atoms with E-state index >= 15 is 0 Å². The summed E-state index contributed by atoms with van der Waals surface area (Å²) in [5.41, 5.74) is 7.23. The second-order valence-electron chi connectivity index (χ2n) is 7.38. The number of hydrogen-bond donors (Lipinski definition) is 2. The van der Waals surface area contributed by atoms with E-state index in [1.54, 1.807) is 6.20 Å². The van der Waals surface area contributed by atoms with Gasteiger partial charge in [0.1, 0.15) is 0 Å². The minimum Gasteiger partial charge on any atom is -0.346 e. The molecule has 118 valence electrons. The molecule has 0 aliphatic heterocycles. The predicted molar refractivity (Wildman–Crippen MR) is 84.8 cm³/mol. The van der Waals surface area contributed by atoms with Crippen molar-refractivity contribution in [2.24, 2.45) is 23.5 Å². The lowest BCUT2D eigenvalue weighted by molar-refractivity contribution is -0.136. The molecular formula is C18H25N3O. The van der Waals surface area contributed by atoms with E-state index in [9.17, 15) is 4.79 Å². The van der Waals surface area contributed by atoms with E-state index in [0.29, 0.717) is 11.8 Å². The lowest BCUT2D eigenvalue weighted by Gasteiger charge is -2.47. The van der Waals surface area contributed by atoms with Crippen LogP contribution < -0.4 is 11.1 Å². The highest BCUT2D eigenvalue weighted by Crippen LogP contribution is 2.51. The molecule has 0 radical (unpaired) electrons. The Morgan fingerprint density at radius 2 is 2.00 bits per heavy atom. The average Bonchev–Trinajstić information content (AvgIpc) is 3.16.